The Hall–Kier alpha value is -1.35. The smallest absolute Gasteiger partial charge is 0.169 e. The maximum atomic E-state index is 11.7. The van der Waals surface area contributed by atoms with Gasteiger partial charge in [0.2, 0.25) is 0 Å². The Labute approximate surface area is 83.0 Å². The van der Waals surface area contributed by atoms with Crippen LogP contribution in [0.5, 0.6) is 5.75 Å². The summed E-state index contributed by atoms with van der Waals surface area (Å²) in [5.74, 6) is -0.382. The number of ketones is 1. The summed E-state index contributed by atoms with van der Waals surface area (Å²) >= 11 is 0. The first-order chi connectivity index (χ1) is 6.66. The number of aromatic hydroxyl groups is 1. The van der Waals surface area contributed by atoms with Gasteiger partial charge in [-0.2, -0.15) is 0 Å². The number of carbonyl (C=O) groups is 1. The quantitative estimate of drug-likeness (QED) is 0.716. The molecule has 0 heterocycles. The Morgan fingerprint density at radius 3 is 2.64 bits per heavy atom. The second kappa shape index (κ2) is 4.77. The summed E-state index contributed by atoms with van der Waals surface area (Å²) in [6.07, 6.45) is 0.424. The zero-order valence-electron chi connectivity index (χ0n) is 8.10. The zero-order valence-corrected chi connectivity index (χ0v) is 8.10. The van der Waals surface area contributed by atoms with Crippen LogP contribution in [0.3, 0.4) is 0 Å². The van der Waals surface area contributed by atoms with Crippen LogP contribution in [0.15, 0.2) is 24.3 Å². The molecule has 0 saturated carbocycles. The molecular formula is C11H14O3. The Bertz CT molecular complexity index is 320. The lowest BCUT2D eigenvalue weighted by atomic mass is 9.96. The van der Waals surface area contributed by atoms with E-state index >= 15 is 0 Å². The van der Waals surface area contributed by atoms with Crippen molar-refractivity contribution < 1.29 is 15.0 Å². The number of para-hydroxylation sites is 1. The van der Waals surface area contributed by atoms with Crippen LogP contribution in [0.25, 0.3) is 0 Å². The molecule has 0 aromatic heterocycles. The predicted molar refractivity (Wildman–Crippen MR) is 53.3 cm³/mol. The van der Waals surface area contributed by atoms with Crippen molar-refractivity contribution in [3.8, 4) is 5.75 Å². The minimum atomic E-state index is -0.256. The summed E-state index contributed by atoms with van der Waals surface area (Å²) in [4.78, 5) is 11.7. The second-order valence-electron chi connectivity index (χ2n) is 3.29. The molecule has 0 radical (unpaired) electrons. The lowest BCUT2D eigenvalue weighted by Gasteiger charge is -2.09. The minimum absolute atomic E-state index is 0.00212. The maximum absolute atomic E-state index is 11.7. The molecule has 0 amide bonds. The van der Waals surface area contributed by atoms with E-state index in [0.29, 0.717) is 12.0 Å². The highest BCUT2D eigenvalue weighted by Gasteiger charge is 2.17. The van der Waals surface area contributed by atoms with E-state index in [2.05, 4.69) is 0 Å². The van der Waals surface area contributed by atoms with E-state index in [-0.39, 0.29) is 24.1 Å². The molecule has 0 fully saturated rings. The van der Waals surface area contributed by atoms with Crippen LogP contribution in [0.4, 0.5) is 0 Å². The van der Waals surface area contributed by atoms with Crippen LogP contribution in [0.2, 0.25) is 0 Å². The van der Waals surface area contributed by atoms with Crippen LogP contribution in [0.1, 0.15) is 23.7 Å². The van der Waals surface area contributed by atoms with Crippen LogP contribution in [-0.2, 0) is 0 Å². The summed E-state index contributed by atoms with van der Waals surface area (Å²) in [6.45, 7) is 1.73. The third kappa shape index (κ3) is 2.33. The number of rotatable bonds is 4. The van der Waals surface area contributed by atoms with Gasteiger partial charge in [0.15, 0.2) is 5.78 Å². The summed E-state index contributed by atoms with van der Waals surface area (Å²) in [6, 6.07) is 6.45. The largest absolute Gasteiger partial charge is 0.507 e. The van der Waals surface area contributed by atoms with Crippen molar-refractivity contribution in [2.45, 2.75) is 13.3 Å². The lowest BCUT2D eigenvalue weighted by Crippen LogP contribution is -2.12. The molecular weight excluding hydrogens is 180 g/mol. The summed E-state index contributed by atoms with van der Waals surface area (Å²) in [5, 5.41) is 18.1. The van der Waals surface area contributed by atoms with Crippen LogP contribution in [0, 0.1) is 5.92 Å². The summed E-state index contributed by atoms with van der Waals surface area (Å²) < 4.78 is 0. The fourth-order valence-corrected chi connectivity index (χ4v) is 1.27. The van der Waals surface area contributed by atoms with E-state index in [0.717, 1.165) is 0 Å². The Balaban J connectivity index is 2.84. The van der Waals surface area contributed by atoms with Crippen molar-refractivity contribution in [3.63, 3.8) is 0 Å². The number of hydrogen-bond donors (Lipinski definition) is 2. The van der Waals surface area contributed by atoms with Crippen LogP contribution < -0.4 is 0 Å². The Morgan fingerprint density at radius 1 is 1.43 bits per heavy atom. The monoisotopic (exact) mass is 194 g/mol. The number of phenolic OH excluding ortho intramolecular Hbond substituents is 1. The molecule has 3 nitrogen and oxygen atoms in total. The van der Waals surface area contributed by atoms with E-state index < -0.39 is 0 Å². The first-order valence-corrected chi connectivity index (χ1v) is 4.60. The number of aliphatic hydroxyl groups is 1. The average Bonchev–Trinajstić information content (AvgIpc) is 2.18. The molecule has 1 aromatic rings. The van der Waals surface area contributed by atoms with E-state index in [1.165, 1.54) is 6.07 Å². The van der Waals surface area contributed by atoms with Crippen molar-refractivity contribution in [2.24, 2.45) is 5.92 Å². The molecule has 0 aliphatic heterocycles. The minimum Gasteiger partial charge on any atom is -0.507 e. The molecule has 2 N–H and O–H groups in total. The van der Waals surface area contributed by atoms with Gasteiger partial charge in [0.1, 0.15) is 5.75 Å². The standard InChI is InChI=1S/C11H14O3/c1-8(6-7-12)11(14)9-4-2-3-5-10(9)13/h2-5,8,12-13H,6-7H2,1H3. The van der Waals surface area contributed by atoms with Gasteiger partial charge in [-0.15, -0.1) is 0 Å². The van der Waals surface area contributed by atoms with Gasteiger partial charge in [0.25, 0.3) is 0 Å². The van der Waals surface area contributed by atoms with Crippen molar-refractivity contribution in [2.75, 3.05) is 6.61 Å². The van der Waals surface area contributed by atoms with Gasteiger partial charge in [-0.3, -0.25) is 4.79 Å². The third-order valence-corrected chi connectivity index (χ3v) is 2.18. The average molecular weight is 194 g/mol. The van der Waals surface area contributed by atoms with E-state index in [1.807, 2.05) is 0 Å². The Kier molecular flexibility index (Phi) is 3.65. The molecule has 0 aliphatic rings. The van der Waals surface area contributed by atoms with Crippen molar-refractivity contribution in [3.05, 3.63) is 29.8 Å². The van der Waals surface area contributed by atoms with Gasteiger partial charge < -0.3 is 10.2 Å². The molecule has 1 atom stereocenters. The van der Waals surface area contributed by atoms with Crippen LogP contribution in [-0.4, -0.2) is 22.6 Å². The highest BCUT2D eigenvalue weighted by atomic mass is 16.3. The van der Waals surface area contributed by atoms with Gasteiger partial charge in [-0.25, -0.2) is 0 Å². The van der Waals surface area contributed by atoms with Crippen molar-refractivity contribution >= 4 is 5.78 Å². The van der Waals surface area contributed by atoms with E-state index in [9.17, 15) is 9.90 Å². The molecule has 76 valence electrons. The first kappa shape index (κ1) is 10.7. The normalized spacial score (nSPS) is 12.4. The highest BCUT2D eigenvalue weighted by Crippen LogP contribution is 2.20. The molecule has 0 bridgehead atoms. The number of aliphatic hydroxyl groups excluding tert-OH is 1. The predicted octanol–water partition coefficient (Wildman–Crippen LogP) is 1.59. The number of Topliss-reactive ketones (excluding diaryl/α,β-unsaturated/α-hetero) is 1. The SMILES string of the molecule is CC(CCO)C(=O)c1ccccc1O. The Morgan fingerprint density at radius 2 is 2.07 bits per heavy atom. The highest BCUT2D eigenvalue weighted by molar-refractivity contribution is 5.99. The lowest BCUT2D eigenvalue weighted by molar-refractivity contribution is 0.0905. The van der Waals surface area contributed by atoms with Gasteiger partial charge in [-0.05, 0) is 18.6 Å². The summed E-state index contributed by atoms with van der Waals surface area (Å²) in [5.41, 5.74) is 0.327. The first-order valence-electron chi connectivity index (χ1n) is 4.60. The van der Waals surface area contributed by atoms with Gasteiger partial charge in [0, 0.05) is 12.5 Å². The topological polar surface area (TPSA) is 57.5 Å². The second-order valence-corrected chi connectivity index (χ2v) is 3.29. The number of benzene rings is 1. The molecule has 1 unspecified atom stereocenters. The molecule has 0 spiro atoms. The molecule has 0 aliphatic carbocycles. The van der Waals surface area contributed by atoms with E-state index in [1.54, 1.807) is 25.1 Å². The summed E-state index contributed by atoms with van der Waals surface area (Å²) in [7, 11) is 0. The molecule has 0 saturated heterocycles. The maximum Gasteiger partial charge on any atom is 0.169 e. The number of phenols is 1. The third-order valence-electron chi connectivity index (χ3n) is 2.18. The van der Waals surface area contributed by atoms with Crippen molar-refractivity contribution in [1.29, 1.82) is 0 Å². The van der Waals surface area contributed by atoms with Crippen molar-refractivity contribution in [1.82, 2.24) is 0 Å². The zero-order chi connectivity index (χ0) is 10.6. The molecule has 14 heavy (non-hydrogen) atoms. The van der Waals surface area contributed by atoms with Gasteiger partial charge in [0.05, 0.1) is 5.56 Å². The van der Waals surface area contributed by atoms with Crippen LogP contribution >= 0.6 is 0 Å². The molecule has 3 heteroatoms. The molecule has 1 rings (SSSR count). The molecule has 1 aromatic carbocycles. The van der Waals surface area contributed by atoms with Gasteiger partial charge in [-0.1, -0.05) is 19.1 Å². The van der Waals surface area contributed by atoms with Gasteiger partial charge >= 0.3 is 0 Å². The van der Waals surface area contributed by atoms with E-state index in [4.69, 9.17) is 5.11 Å². The number of carbonyl (C=O) groups excluding carboxylic acids is 1. The fourth-order valence-electron chi connectivity index (χ4n) is 1.27. The fraction of sp³-hybridized carbons (Fsp3) is 0.364. The number of hydrogen-bond acceptors (Lipinski definition) is 3.